The maximum atomic E-state index is 10.8. The van der Waals surface area contributed by atoms with Gasteiger partial charge in [0.2, 0.25) is 0 Å². The fraction of sp³-hybridized carbons (Fsp3) is 0.889. The van der Waals surface area contributed by atoms with Crippen LogP contribution in [0.15, 0.2) is 0 Å². The molecule has 0 bridgehead atoms. The normalized spacial score (nSPS) is 12.2. The Labute approximate surface area is 74.0 Å². The van der Waals surface area contributed by atoms with Gasteiger partial charge in [0.05, 0.1) is 13.2 Å². The summed E-state index contributed by atoms with van der Waals surface area (Å²) in [6, 6.07) is 0. The van der Waals surface area contributed by atoms with E-state index in [1.807, 2.05) is 13.8 Å². The number of carbonyl (C=O) groups excluding carboxylic acids is 1. The van der Waals surface area contributed by atoms with Gasteiger partial charge in [0.25, 0.3) is 0 Å². The molecule has 12 heavy (non-hydrogen) atoms. The summed E-state index contributed by atoms with van der Waals surface area (Å²) in [5.41, 5.74) is 0. The van der Waals surface area contributed by atoms with Crippen molar-refractivity contribution in [3.63, 3.8) is 0 Å². The summed E-state index contributed by atoms with van der Waals surface area (Å²) in [6.07, 6.45) is 1.30. The molecule has 0 rings (SSSR count). The third kappa shape index (κ3) is 6.01. The summed E-state index contributed by atoms with van der Waals surface area (Å²) in [7, 11) is 0. The standard InChI is InChI=1S/C9H18O3/c1-4-6-11-9(10)12-7-8(3)5-2/h8H,4-7H2,1-3H3. The second-order valence-electron chi connectivity index (χ2n) is 2.92. The Kier molecular flexibility index (Phi) is 6.53. The van der Waals surface area contributed by atoms with Crippen molar-refractivity contribution in [3.8, 4) is 0 Å². The van der Waals surface area contributed by atoms with Crippen molar-refractivity contribution in [1.82, 2.24) is 0 Å². The van der Waals surface area contributed by atoms with Gasteiger partial charge in [-0.05, 0) is 12.3 Å². The van der Waals surface area contributed by atoms with Crippen LogP contribution in [0.2, 0.25) is 0 Å². The van der Waals surface area contributed by atoms with Crippen LogP contribution in [-0.2, 0) is 9.47 Å². The lowest BCUT2D eigenvalue weighted by Crippen LogP contribution is -2.13. The molecular weight excluding hydrogens is 156 g/mol. The van der Waals surface area contributed by atoms with E-state index in [9.17, 15) is 4.79 Å². The fourth-order valence-corrected chi connectivity index (χ4v) is 0.555. The first-order chi connectivity index (χ1) is 5.70. The van der Waals surface area contributed by atoms with E-state index in [4.69, 9.17) is 9.47 Å². The van der Waals surface area contributed by atoms with Gasteiger partial charge in [0, 0.05) is 0 Å². The molecule has 0 aliphatic carbocycles. The van der Waals surface area contributed by atoms with Gasteiger partial charge in [0.15, 0.2) is 0 Å². The number of hydrogen-bond acceptors (Lipinski definition) is 3. The quantitative estimate of drug-likeness (QED) is 0.601. The SMILES string of the molecule is CCCOC(=O)OCC(C)CC. The van der Waals surface area contributed by atoms with Crippen LogP contribution in [0.1, 0.15) is 33.6 Å². The molecule has 1 atom stereocenters. The van der Waals surface area contributed by atoms with Gasteiger partial charge in [-0.2, -0.15) is 0 Å². The number of carbonyl (C=O) groups is 1. The molecule has 0 amide bonds. The summed E-state index contributed by atoms with van der Waals surface area (Å²) in [4.78, 5) is 10.8. The minimum Gasteiger partial charge on any atom is -0.434 e. The van der Waals surface area contributed by atoms with Crippen LogP contribution < -0.4 is 0 Å². The van der Waals surface area contributed by atoms with Crippen LogP contribution in [-0.4, -0.2) is 19.4 Å². The van der Waals surface area contributed by atoms with Crippen LogP contribution in [0.5, 0.6) is 0 Å². The van der Waals surface area contributed by atoms with Crippen molar-refractivity contribution in [3.05, 3.63) is 0 Å². The van der Waals surface area contributed by atoms with Crippen LogP contribution in [0.25, 0.3) is 0 Å². The lowest BCUT2D eigenvalue weighted by Gasteiger charge is -2.08. The monoisotopic (exact) mass is 174 g/mol. The van der Waals surface area contributed by atoms with Crippen LogP contribution >= 0.6 is 0 Å². The minimum absolute atomic E-state index is 0.416. The largest absolute Gasteiger partial charge is 0.508 e. The zero-order chi connectivity index (χ0) is 9.40. The molecule has 72 valence electrons. The van der Waals surface area contributed by atoms with Crippen molar-refractivity contribution in [2.75, 3.05) is 13.2 Å². The van der Waals surface area contributed by atoms with E-state index in [-0.39, 0.29) is 0 Å². The molecule has 1 unspecified atom stereocenters. The summed E-state index contributed by atoms with van der Waals surface area (Å²) < 4.78 is 9.56. The lowest BCUT2D eigenvalue weighted by molar-refractivity contribution is 0.0457. The molecule has 3 heteroatoms. The van der Waals surface area contributed by atoms with Crippen molar-refractivity contribution in [2.45, 2.75) is 33.6 Å². The van der Waals surface area contributed by atoms with E-state index in [0.29, 0.717) is 19.1 Å². The van der Waals surface area contributed by atoms with Gasteiger partial charge < -0.3 is 9.47 Å². The zero-order valence-electron chi connectivity index (χ0n) is 8.13. The third-order valence-corrected chi connectivity index (χ3v) is 1.61. The number of ether oxygens (including phenoxy) is 2. The summed E-state index contributed by atoms with van der Waals surface area (Å²) in [6.45, 7) is 6.94. The second-order valence-corrected chi connectivity index (χ2v) is 2.92. The maximum Gasteiger partial charge on any atom is 0.508 e. The predicted octanol–water partition coefficient (Wildman–Crippen LogP) is 2.60. The molecule has 0 aromatic heterocycles. The van der Waals surface area contributed by atoms with Crippen LogP contribution in [0.3, 0.4) is 0 Å². The molecule has 0 heterocycles. The Hall–Kier alpha value is -0.730. The highest BCUT2D eigenvalue weighted by Gasteiger charge is 2.05. The Balaban J connectivity index is 3.31. The van der Waals surface area contributed by atoms with E-state index in [1.165, 1.54) is 0 Å². The molecule has 0 aliphatic rings. The molecule has 0 aliphatic heterocycles. The van der Waals surface area contributed by atoms with E-state index >= 15 is 0 Å². The number of hydrogen-bond donors (Lipinski definition) is 0. The highest BCUT2D eigenvalue weighted by Crippen LogP contribution is 2.01. The first-order valence-corrected chi connectivity index (χ1v) is 4.50. The predicted molar refractivity (Wildman–Crippen MR) is 47.0 cm³/mol. The molecule has 0 aromatic carbocycles. The maximum absolute atomic E-state index is 10.8. The van der Waals surface area contributed by atoms with Gasteiger partial charge in [-0.25, -0.2) is 4.79 Å². The highest BCUT2D eigenvalue weighted by atomic mass is 16.7. The third-order valence-electron chi connectivity index (χ3n) is 1.61. The molecule has 0 aromatic rings. The molecule has 0 N–H and O–H groups in total. The smallest absolute Gasteiger partial charge is 0.434 e. The molecule has 0 radical (unpaired) electrons. The Morgan fingerprint density at radius 3 is 2.50 bits per heavy atom. The Morgan fingerprint density at radius 2 is 2.00 bits per heavy atom. The highest BCUT2D eigenvalue weighted by molar-refractivity contribution is 5.59. The van der Waals surface area contributed by atoms with Crippen molar-refractivity contribution in [1.29, 1.82) is 0 Å². The van der Waals surface area contributed by atoms with Gasteiger partial charge in [-0.15, -0.1) is 0 Å². The summed E-state index contributed by atoms with van der Waals surface area (Å²) >= 11 is 0. The molecular formula is C9H18O3. The Morgan fingerprint density at radius 1 is 1.33 bits per heavy atom. The lowest BCUT2D eigenvalue weighted by atomic mass is 10.1. The zero-order valence-corrected chi connectivity index (χ0v) is 8.13. The minimum atomic E-state index is -0.544. The molecule has 0 spiro atoms. The first kappa shape index (κ1) is 11.3. The van der Waals surface area contributed by atoms with Crippen molar-refractivity contribution >= 4 is 6.16 Å². The van der Waals surface area contributed by atoms with Gasteiger partial charge in [-0.1, -0.05) is 27.2 Å². The van der Waals surface area contributed by atoms with Crippen molar-refractivity contribution in [2.24, 2.45) is 5.92 Å². The van der Waals surface area contributed by atoms with E-state index < -0.39 is 6.16 Å². The Bertz CT molecular complexity index is 123. The van der Waals surface area contributed by atoms with Gasteiger partial charge in [0.1, 0.15) is 0 Å². The topological polar surface area (TPSA) is 35.5 Å². The first-order valence-electron chi connectivity index (χ1n) is 4.50. The van der Waals surface area contributed by atoms with Crippen LogP contribution in [0, 0.1) is 5.92 Å². The summed E-state index contributed by atoms with van der Waals surface area (Å²) in [5.74, 6) is 0.416. The molecule has 3 nitrogen and oxygen atoms in total. The average Bonchev–Trinajstić information content (AvgIpc) is 2.10. The summed E-state index contributed by atoms with van der Waals surface area (Å²) in [5, 5.41) is 0. The van der Waals surface area contributed by atoms with E-state index in [0.717, 1.165) is 12.8 Å². The molecule has 0 fully saturated rings. The van der Waals surface area contributed by atoms with Crippen molar-refractivity contribution < 1.29 is 14.3 Å². The molecule has 0 saturated heterocycles. The average molecular weight is 174 g/mol. The number of rotatable bonds is 5. The van der Waals surface area contributed by atoms with E-state index in [2.05, 4.69) is 6.92 Å². The van der Waals surface area contributed by atoms with Crippen LogP contribution in [0.4, 0.5) is 4.79 Å². The van der Waals surface area contributed by atoms with Gasteiger partial charge >= 0.3 is 6.16 Å². The molecule has 0 saturated carbocycles. The fourth-order valence-electron chi connectivity index (χ4n) is 0.555. The van der Waals surface area contributed by atoms with Gasteiger partial charge in [-0.3, -0.25) is 0 Å². The van der Waals surface area contributed by atoms with E-state index in [1.54, 1.807) is 0 Å². The second kappa shape index (κ2) is 6.95.